The van der Waals surface area contributed by atoms with E-state index in [1.807, 2.05) is 0 Å². The zero-order valence-electron chi connectivity index (χ0n) is 5.12. The maximum Gasteiger partial charge on any atom is 0.124 e. The van der Waals surface area contributed by atoms with Gasteiger partial charge in [-0.05, 0) is 15.9 Å². The minimum absolute atomic E-state index is 0.222. The van der Waals surface area contributed by atoms with Gasteiger partial charge >= 0.3 is 0 Å². The van der Waals surface area contributed by atoms with Crippen LogP contribution in [-0.2, 0) is 0 Å². The number of hydrogen-bond donors (Lipinski definition) is 2. The Labute approximate surface area is 71.0 Å². The highest BCUT2D eigenvalue weighted by Gasteiger charge is 2.08. The second kappa shape index (κ2) is 3.43. The first kappa shape index (κ1) is 8.13. The molecule has 3 N–H and O–H groups in total. The van der Waals surface area contributed by atoms with Crippen molar-refractivity contribution >= 4 is 27.3 Å². The summed E-state index contributed by atoms with van der Waals surface area (Å²) in [6.07, 6.45) is 1.04. The van der Waals surface area contributed by atoms with Crippen LogP contribution in [0.1, 0.15) is 11.1 Å². The zero-order chi connectivity index (χ0) is 7.56. The summed E-state index contributed by atoms with van der Waals surface area (Å²) >= 11 is 4.63. The van der Waals surface area contributed by atoms with Gasteiger partial charge in [-0.2, -0.15) is 0 Å². The van der Waals surface area contributed by atoms with Crippen molar-refractivity contribution in [1.29, 1.82) is 0 Å². The van der Waals surface area contributed by atoms with E-state index in [4.69, 9.17) is 10.8 Å². The van der Waals surface area contributed by atoms with Crippen LogP contribution >= 0.6 is 27.3 Å². The lowest BCUT2D eigenvalue weighted by molar-refractivity contribution is 0.186. The van der Waals surface area contributed by atoms with Gasteiger partial charge in [-0.25, -0.2) is 4.98 Å². The van der Waals surface area contributed by atoms with Gasteiger partial charge in [0.1, 0.15) is 11.1 Å². The highest BCUT2D eigenvalue weighted by Crippen LogP contribution is 2.23. The average molecular weight is 223 g/mol. The van der Waals surface area contributed by atoms with E-state index in [2.05, 4.69) is 20.9 Å². The molecular formula is C5H7BrN2OS. The van der Waals surface area contributed by atoms with Gasteiger partial charge in [-0.15, -0.1) is 11.3 Å². The van der Waals surface area contributed by atoms with Crippen LogP contribution in [0, 0.1) is 0 Å². The molecule has 0 spiro atoms. The van der Waals surface area contributed by atoms with Gasteiger partial charge in [0.15, 0.2) is 0 Å². The molecule has 0 amide bonds. The van der Waals surface area contributed by atoms with E-state index in [0.29, 0.717) is 5.01 Å². The molecule has 0 fully saturated rings. The van der Waals surface area contributed by atoms with Crippen molar-refractivity contribution < 1.29 is 5.11 Å². The lowest BCUT2D eigenvalue weighted by atomic mass is 10.4. The Morgan fingerprint density at radius 1 is 1.90 bits per heavy atom. The zero-order valence-corrected chi connectivity index (χ0v) is 7.52. The fourth-order valence-electron chi connectivity index (χ4n) is 0.522. The first-order chi connectivity index (χ1) is 4.74. The number of aliphatic hydroxyl groups excluding tert-OH is 1. The van der Waals surface area contributed by atoms with Crippen LogP contribution in [0.15, 0.2) is 9.98 Å². The second-order valence-electron chi connectivity index (χ2n) is 1.75. The van der Waals surface area contributed by atoms with Crippen LogP contribution < -0.4 is 5.73 Å². The first-order valence-electron chi connectivity index (χ1n) is 2.73. The van der Waals surface area contributed by atoms with Crippen molar-refractivity contribution in [2.24, 2.45) is 5.73 Å². The third-order valence-electron chi connectivity index (χ3n) is 1.00. The molecule has 0 aliphatic heterocycles. The number of nitrogens with two attached hydrogens (primary N) is 1. The van der Waals surface area contributed by atoms with Crippen molar-refractivity contribution in [3.63, 3.8) is 0 Å². The molecule has 1 aromatic heterocycles. The molecule has 10 heavy (non-hydrogen) atoms. The molecule has 5 heteroatoms. The molecule has 0 saturated heterocycles. The van der Waals surface area contributed by atoms with Crippen LogP contribution in [0.4, 0.5) is 0 Å². The Kier molecular flexibility index (Phi) is 2.79. The van der Waals surface area contributed by atoms with Crippen LogP contribution in [0.25, 0.3) is 0 Å². The lowest BCUT2D eigenvalue weighted by Gasteiger charge is -2.00. The summed E-state index contributed by atoms with van der Waals surface area (Å²) in [5.74, 6) is 0. The quantitative estimate of drug-likeness (QED) is 0.782. The highest BCUT2D eigenvalue weighted by molar-refractivity contribution is 9.11. The van der Waals surface area contributed by atoms with E-state index in [0.717, 1.165) is 3.79 Å². The Hall–Kier alpha value is 0.0300. The summed E-state index contributed by atoms with van der Waals surface area (Å²) in [4.78, 5) is 3.93. The number of halogens is 1. The predicted molar refractivity (Wildman–Crippen MR) is 43.8 cm³/mol. The molecule has 3 nitrogen and oxygen atoms in total. The minimum Gasteiger partial charge on any atom is -0.385 e. The molecule has 1 atom stereocenters. The molecule has 0 aliphatic carbocycles. The summed E-state index contributed by atoms with van der Waals surface area (Å²) in [5.41, 5.74) is 5.21. The van der Waals surface area contributed by atoms with Gasteiger partial charge in [-0.1, -0.05) is 0 Å². The number of rotatable bonds is 2. The van der Waals surface area contributed by atoms with Crippen molar-refractivity contribution in [2.75, 3.05) is 6.54 Å². The fourth-order valence-corrected chi connectivity index (χ4v) is 1.76. The minimum atomic E-state index is -0.615. The summed E-state index contributed by atoms with van der Waals surface area (Å²) in [7, 11) is 0. The van der Waals surface area contributed by atoms with Gasteiger partial charge < -0.3 is 10.8 Å². The van der Waals surface area contributed by atoms with Crippen molar-refractivity contribution in [3.8, 4) is 0 Å². The lowest BCUT2D eigenvalue weighted by Crippen LogP contribution is -2.10. The fraction of sp³-hybridized carbons (Fsp3) is 0.400. The number of nitrogens with zero attached hydrogens (tertiary/aromatic N) is 1. The SMILES string of the molecule is NC[C@H](O)c1ncc(Br)s1. The second-order valence-corrected chi connectivity index (χ2v) is 4.20. The monoisotopic (exact) mass is 222 g/mol. The van der Waals surface area contributed by atoms with Gasteiger partial charge in [0.2, 0.25) is 0 Å². The predicted octanol–water partition coefficient (Wildman–Crippen LogP) is 0.898. The van der Waals surface area contributed by atoms with Gasteiger partial charge in [0, 0.05) is 6.54 Å². The molecule has 0 saturated carbocycles. The van der Waals surface area contributed by atoms with Crippen LogP contribution in [0.2, 0.25) is 0 Å². The van der Waals surface area contributed by atoms with Gasteiger partial charge in [0.25, 0.3) is 0 Å². The van der Waals surface area contributed by atoms with Gasteiger partial charge in [-0.3, -0.25) is 0 Å². The molecular weight excluding hydrogens is 216 g/mol. The Balaban J connectivity index is 2.74. The standard InChI is InChI=1S/C5H7BrN2OS/c6-4-2-8-5(10-4)3(9)1-7/h2-3,9H,1,7H2/t3-/m0/s1. The number of aliphatic hydroxyl groups is 1. The third kappa shape index (κ3) is 1.76. The molecule has 0 bridgehead atoms. The van der Waals surface area contributed by atoms with E-state index in [-0.39, 0.29) is 6.54 Å². The molecule has 0 aliphatic rings. The molecule has 1 rings (SSSR count). The van der Waals surface area contributed by atoms with E-state index >= 15 is 0 Å². The molecule has 0 unspecified atom stereocenters. The maximum absolute atomic E-state index is 9.14. The summed E-state index contributed by atoms with van der Waals surface area (Å²) in [6.45, 7) is 0.222. The highest BCUT2D eigenvalue weighted by atomic mass is 79.9. The van der Waals surface area contributed by atoms with Crippen molar-refractivity contribution in [3.05, 3.63) is 15.0 Å². The summed E-state index contributed by atoms with van der Waals surface area (Å²) < 4.78 is 0.912. The van der Waals surface area contributed by atoms with Crippen LogP contribution in [0.3, 0.4) is 0 Å². The topological polar surface area (TPSA) is 59.1 Å². The van der Waals surface area contributed by atoms with Gasteiger partial charge in [0.05, 0.1) is 9.98 Å². The Morgan fingerprint density at radius 2 is 2.60 bits per heavy atom. The molecule has 0 aromatic carbocycles. The maximum atomic E-state index is 9.14. The average Bonchev–Trinajstić information content (AvgIpc) is 2.34. The molecule has 56 valence electrons. The normalized spacial score (nSPS) is 13.5. The first-order valence-corrected chi connectivity index (χ1v) is 4.34. The van der Waals surface area contributed by atoms with E-state index in [9.17, 15) is 0 Å². The molecule has 0 radical (unpaired) electrons. The number of thiazole rings is 1. The van der Waals surface area contributed by atoms with E-state index in [1.54, 1.807) is 6.20 Å². The van der Waals surface area contributed by atoms with Crippen molar-refractivity contribution in [2.45, 2.75) is 6.10 Å². The molecule has 1 heterocycles. The summed E-state index contributed by atoms with van der Waals surface area (Å²) in [6, 6.07) is 0. The van der Waals surface area contributed by atoms with E-state index < -0.39 is 6.10 Å². The Bertz CT molecular complexity index is 215. The third-order valence-corrected chi connectivity index (χ3v) is 2.58. The van der Waals surface area contributed by atoms with Crippen LogP contribution in [-0.4, -0.2) is 16.6 Å². The summed E-state index contributed by atoms with van der Waals surface area (Å²) in [5, 5.41) is 9.81. The number of aromatic nitrogens is 1. The Morgan fingerprint density at radius 3 is 3.00 bits per heavy atom. The number of hydrogen-bond acceptors (Lipinski definition) is 4. The van der Waals surface area contributed by atoms with Crippen LogP contribution in [0.5, 0.6) is 0 Å². The van der Waals surface area contributed by atoms with E-state index in [1.165, 1.54) is 11.3 Å². The smallest absolute Gasteiger partial charge is 0.124 e. The molecule has 1 aromatic rings. The van der Waals surface area contributed by atoms with Crippen molar-refractivity contribution in [1.82, 2.24) is 4.98 Å². The largest absolute Gasteiger partial charge is 0.385 e.